The van der Waals surface area contributed by atoms with Gasteiger partial charge in [0, 0.05) is 77.9 Å². The number of hydrogen-bond acceptors (Lipinski definition) is 13. The summed E-state index contributed by atoms with van der Waals surface area (Å²) in [5.74, 6) is -0.477. The standard InChI is InChI=1S/C24H20N6O2.C18H19N5O2.C6H5NO2.CH4/c1-14-7-8-17(27-24-28-22(32-29-24)20-6-4-5-9-25-20)12-18(14)19-11-16-13-26-15(2)10-21(16)30(3)23(19)31;1-10-4-5-13(21-18(19)22-25)8-14(10)15-7-12-9-20-11(2)6-16(12)23(3)17(15)24;8-6(9)5-3-1-2-4-7-5;/h4-13H,1-3H3,(H,27,29);4-9,25H,1-3H3,(H3,19,21,22);1-4H,(H,8,9);1H4. The number of fused-ring (bicyclic) bond motifs is 2. The fourth-order valence-corrected chi connectivity index (χ4v) is 6.93. The van der Waals surface area contributed by atoms with Gasteiger partial charge in [0.15, 0.2) is 0 Å². The lowest BCUT2D eigenvalue weighted by molar-refractivity contribution is 0.0690. The number of carbonyl (C=O) groups is 1. The molecular weight excluding hydrogens is 853 g/mol. The van der Waals surface area contributed by atoms with Gasteiger partial charge < -0.3 is 29.8 Å². The Balaban J connectivity index is 0.000000188. The van der Waals surface area contributed by atoms with Crippen molar-refractivity contribution in [2.24, 2.45) is 24.8 Å². The van der Waals surface area contributed by atoms with Crippen molar-refractivity contribution in [3.63, 3.8) is 0 Å². The predicted molar refractivity (Wildman–Crippen MR) is 259 cm³/mol. The second-order valence-corrected chi connectivity index (χ2v) is 15.0. The molecule has 0 aliphatic carbocycles. The molecule has 0 atom stereocenters. The first kappa shape index (κ1) is 47.6. The molecule has 0 aliphatic rings. The van der Waals surface area contributed by atoms with Crippen molar-refractivity contribution < 1.29 is 19.6 Å². The smallest absolute Gasteiger partial charge is 0.354 e. The zero-order valence-corrected chi connectivity index (χ0v) is 36.7. The van der Waals surface area contributed by atoms with Crippen LogP contribution in [-0.2, 0) is 14.1 Å². The molecule has 0 saturated heterocycles. The fraction of sp³-hybridized carbons (Fsp3) is 0.143. The number of rotatable bonds is 7. The topological polar surface area (TPSA) is 254 Å². The van der Waals surface area contributed by atoms with Gasteiger partial charge in [-0.15, -0.1) is 0 Å². The number of nitrogens with two attached hydrogens (primary N) is 1. The predicted octanol–water partition coefficient (Wildman–Crippen LogP) is 7.96. The van der Waals surface area contributed by atoms with E-state index in [-0.39, 0.29) is 30.2 Å². The molecule has 0 spiro atoms. The fourth-order valence-electron chi connectivity index (χ4n) is 6.93. The van der Waals surface area contributed by atoms with Crippen molar-refractivity contribution in [3.8, 4) is 33.8 Å². The molecule has 0 amide bonds. The number of nitrogens with zero attached hydrogens (tertiary/aromatic N) is 9. The van der Waals surface area contributed by atoms with Gasteiger partial charge in [-0.05, 0) is 128 Å². The summed E-state index contributed by atoms with van der Waals surface area (Å²) in [6, 6.07) is 28.9. The summed E-state index contributed by atoms with van der Waals surface area (Å²) in [7, 11) is 3.53. The minimum atomic E-state index is -0.990. The van der Waals surface area contributed by atoms with Crippen molar-refractivity contribution in [2.75, 3.05) is 5.32 Å². The van der Waals surface area contributed by atoms with E-state index in [0.717, 1.165) is 61.1 Å². The Morgan fingerprint density at radius 2 is 1.27 bits per heavy atom. The number of aromatic carboxylic acids is 1. The molecule has 9 rings (SSSR count). The number of hydroxylamine groups is 1. The van der Waals surface area contributed by atoms with E-state index in [1.165, 1.54) is 12.3 Å². The molecule has 0 bridgehead atoms. The van der Waals surface area contributed by atoms with Gasteiger partial charge in [-0.3, -0.25) is 29.7 Å². The largest absolute Gasteiger partial charge is 0.477 e. The first-order valence-corrected chi connectivity index (χ1v) is 20.3. The minimum Gasteiger partial charge on any atom is -0.477 e. The van der Waals surface area contributed by atoms with Gasteiger partial charge in [0.2, 0.25) is 5.96 Å². The van der Waals surface area contributed by atoms with Crippen LogP contribution in [0.2, 0.25) is 0 Å². The van der Waals surface area contributed by atoms with E-state index in [2.05, 4.69) is 40.4 Å². The van der Waals surface area contributed by atoms with Crippen LogP contribution in [0.3, 0.4) is 0 Å². The van der Waals surface area contributed by atoms with Crippen LogP contribution in [0.1, 0.15) is 40.4 Å². The van der Waals surface area contributed by atoms with E-state index in [1.54, 1.807) is 77.6 Å². The molecule has 0 radical (unpaired) electrons. The lowest BCUT2D eigenvalue weighted by Gasteiger charge is -2.12. The van der Waals surface area contributed by atoms with Crippen LogP contribution in [0, 0.1) is 27.7 Å². The van der Waals surface area contributed by atoms with Gasteiger partial charge in [0.1, 0.15) is 11.4 Å². The van der Waals surface area contributed by atoms with Crippen molar-refractivity contribution in [1.82, 2.24) is 44.7 Å². The average molecular weight is 901 g/mol. The van der Waals surface area contributed by atoms with Crippen molar-refractivity contribution in [1.29, 1.82) is 0 Å². The number of carboxylic acids is 1. The molecular formula is C49H48N12O6. The Morgan fingerprint density at radius 3 is 1.79 bits per heavy atom. The molecule has 0 aliphatic heterocycles. The van der Waals surface area contributed by atoms with Crippen LogP contribution < -0.4 is 27.6 Å². The van der Waals surface area contributed by atoms with Crippen LogP contribution >= 0.6 is 0 Å². The molecule has 7 aromatic heterocycles. The second kappa shape index (κ2) is 20.7. The maximum Gasteiger partial charge on any atom is 0.354 e. The highest BCUT2D eigenvalue weighted by molar-refractivity contribution is 5.87. The Bertz CT molecular complexity index is 3390. The van der Waals surface area contributed by atoms with Gasteiger partial charge >= 0.3 is 5.97 Å². The highest BCUT2D eigenvalue weighted by atomic mass is 16.5. The molecule has 67 heavy (non-hydrogen) atoms. The molecule has 0 saturated carbocycles. The minimum absolute atomic E-state index is 0. The van der Waals surface area contributed by atoms with Crippen LogP contribution in [0.4, 0.5) is 17.3 Å². The van der Waals surface area contributed by atoms with Crippen LogP contribution in [0.5, 0.6) is 0 Å². The third-order valence-corrected chi connectivity index (χ3v) is 10.3. The summed E-state index contributed by atoms with van der Waals surface area (Å²) < 4.78 is 8.60. The molecule has 6 N–H and O–H groups in total. The van der Waals surface area contributed by atoms with Gasteiger partial charge in [-0.25, -0.2) is 20.3 Å². The molecule has 340 valence electrons. The lowest BCUT2D eigenvalue weighted by Crippen LogP contribution is -2.27. The molecule has 0 unspecified atom stereocenters. The van der Waals surface area contributed by atoms with E-state index >= 15 is 0 Å². The maximum atomic E-state index is 13.2. The number of aromatic nitrogens is 8. The van der Waals surface area contributed by atoms with E-state index in [9.17, 15) is 14.4 Å². The summed E-state index contributed by atoms with van der Waals surface area (Å²) in [5, 5.41) is 26.0. The van der Waals surface area contributed by atoms with E-state index in [0.29, 0.717) is 34.3 Å². The SMILES string of the molecule is C.Cc1cc2c(cn1)cc(-c1cc(N=C(N)NO)ccc1C)c(=O)n2C.Cc1cc2c(cn1)cc(-c1cc(Nc3noc(-c4ccccn4)n3)ccc1C)c(=O)n2C.O=C(O)c1ccccn1. The highest BCUT2D eigenvalue weighted by Crippen LogP contribution is 2.30. The molecule has 7 heterocycles. The average Bonchev–Trinajstić information content (AvgIpc) is 3.80. The summed E-state index contributed by atoms with van der Waals surface area (Å²) in [4.78, 5) is 61.0. The number of anilines is 2. The summed E-state index contributed by atoms with van der Waals surface area (Å²) in [6.07, 6.45) is 6.67. The van der Waals surface area contributed by atoms with Crippen molar-refractivity contribution in [3.05, 3.63) is 171 Å². The van der Waals surface area contributed by atoms with Crippen molar-refractivity contribution in [2.45, 2.75) is 35.1 Å². The summed E-state index contributed by atoms with van der Waals surface area (Å²) in [6.45, 7) is 7.70. The number of nitrogens with one attached hydrogen (secondary N) is 2. The zero-order chi connectivity index (χ0) is 47.1. The molecule has 18 heteroatoms. The number of guanidine groups is 1. The van der Waals surface area contributed by atoms with Gasteiger partial charge in [0.25, 0.3) is 23.0 Å². The summed E-state index contributed by atoms with van der Waals surface area (Å²) >= 11 is 0. The Morgan fingerprint density at radius 1 is 0.701 bits per heavy atom. The molecule has 2 aromatic carbocycles. The van der Waals surface area contributed by atoms with Crippen LogP contribution in [-0.4, -0.2) is 61.5 Å². The Hall–Kier alpha value is -8.90. The number of carboxylic acid groups (broad SMARTS) is 1. The van der Waals surface area contributed by atoms with Crippen molar-refractivity contribution >= 4 is 51.1 Å². The van der Waals surface area contributed by atoms with Crippen LogP contribution in [0.25, 0.3) is 55.6 Å². The quantitative estimate of drug-likeness (QED) is 0.0578. The lowest BCUT2D eigenvalue weighted by atomic mass is 9.99. The zero-order valence-electron chi connectivity index (χ0n) is 36.7. The third-order valence-electron chi connectivity index (χ3n) is 10.3. The maximum absolute atomic E-state index is 13.2. The van der Waals surface area contributed by atoms with E-state index in [4.69, 9.17) is 20.6 Å². The number of hydrogen-bond donors (Lipinski definition) is 5. The van der Waals surface area contributed by atoms with Gasteiger partial charge in [0.05, 0.1) is 16.7 Å². The van der Waals surface area contributed by atoms with Gasteiger partial charge in [-0.1, -0.05) is 31.7 Å². The first-order valence-electron chi connectivity index (χ1n) is 20.3. The highest BCUT2D eigenvalue weighted by Gasteiger charge is 2.16. The molecule has 9 aromatic rings. The van der Waals surface area contributed by atoms with Crippen LogP contribution in [0.15, 0.2) is 141 Å². The normalized spacial score (nSPS) is 10.9. The Kier molecular flexibility index (Phi) is 14.7. The molecule has 0 fully saturated rings. The van der Waals surface area contributed by atoms with E-state index in [1.807, 2.05) is 88.4 Å². The summed E-state index contributed by atoms with van der Waals surface area (Å²) in [5.41, 5.74) is 17.1. The number of aliphatic imine (C=N–C) groups is 1. The monoisotopic (exact) mass is 900 g/mol. The third kappa shape index (κ3) is 10.9. The Labute approximate surface area is 384 Å². The second-order valence-electron chi connectivity index (χ2n) is 15.0. The number of benzene rings is 2. The number of pyridine rings is 6. The van der Waals surface area contributed by atoms with Gasteiger partial charge in [-0.2, -0.15) is 4.98 Å². The first-order chi connectivity index (χ1) is 31.7. The molecule has 18 nitrogen and oxygen atoms in total. The van der Waals surface area contributed by atoms with E-state index < -0.39 is 5.97 Å². The number of aryl methyl sites for hydroxylation is 6.